The second-order valence-electron chi connectivity index (χ2n) is 5.46. The number of hydrogen-bond acceptors (Lipinski definition) is 4. The number of aromatic nitrogens is 1. The van der Waals surface area contributed by atoms with Gasteiger partial charge in [0.05, 0.1) is 18.1 Å². The Balaban J connectivity index is 1.80. The predicted octanol–water partition coefficient (Wildman–Crippen LogP) is 4.48. The van der Waals surface area contributed by atoms with E-state index in [0.717, 1.165) is 17.0 Å². The van der Waals surface area contributed by atoms with Crippen LogP contribution in [0.3, 0.4) is 0 Å². The van der Waals surface area contributed by atoms with Gasteiger partial charge in [-0.1, -0.05) is 11.6 Å². The Hall–Kier alpha value is -1.72. The summed E-state index contributed by atoms with van der Waals surface area (Å²) in [7, 11) is 0. The van der Waals surface area contributed by atoms with Crippen LogP contribution in [-0.2, 0) is 0 Å². The fourth-order valence-corrected chi connectivity index (χ4v) is 3.34. The van der Waals surface area contributed by atoms with Crippen LogP contribution in [0.25, 0.3) is 0 Å². The number of rotatable bonds is 8. The monoisotopic (exact) mass is 365 g/mol. The first-order valence-corrected chi connectivity index (χ1v) is 9.12. The number of ether oxygens (including phenoxy) is 1. The minimum Gasteiger partial charge on any atom is -0.493 e. The predicted molar refractivity (Wildman–Crippen MR) is 98.9 cm³/mol. The average Bonchev–Trinajstić information content (AvgIpc) is 2.83. The third-order valence-electron chi connectivity index (χ3n) is 3.61. The van der Waals surface area contributed by atoms with Crippen LogP contribution in [0.5, 0.6) is 5.75 Å². The lowest BCUT2D eigenvalue weighted by atomic mass is 10.1. The van der Waals surface area contributed by atoms with Crippen molar-refractivity contribution in [3.8, 4) is 5.75 Å². The van der Waals surface area contributed by atoms with Crippen LogP contribution in [0.4, 0.5) is 0 Å². The Labute approximate surface area is 150 Å². The van der Waals surface area contributed by atoms with Crippen molar-refractivity contribution >= 4 is 34.9 Å². The molecule has 1 aromatic carbocycles. The van der Waals surface area contributed by atoms with Crippen LogP contribution >= 0.6 is 23.4 Å². The maximum Gasteiger partial charge on any atom is 0.189 e. The largest absolute Gasteiger partial charge is 0.493 e. The van der Waals surface area contributed by atoms with Crippen molar-refractivity contribution in [2.24, 2.45) is 0 Å². The highest BCUT2D eigenvalue weighted by Gasteiger charge is 2.19. The zero-order valence-corrected chi connectivity index (χ0v) is 15.5. The molecule has 0 atom stereocenters. The van der Waals surface area contributed by atoms with Crippen LogP contribution in [0.1, 0.15) is 39.0 Å². The summed E-state index contributed by atoms with van der Waals surface area (Å²) < 4.78 is 5.58. The summed E-state index contributed by atoms with van der Waals surface area (Å²) in [5, 5.41) is 0.670. The lowest BCUT2D eigenvalue weighted by Crippen LogP contribution is -2.08. The van der Waals surface area contributed by atoms with Gasteiger partial charge in [0.2, 0.25) is 0 Å². The summed E-state index contributed by atoms with van der Waals surface area (Å²) in [6, 6.07) is 7.17. The van der Waals surface area contributed by atoms with Crippen molar-refractivity contribution in [1.29, 1.82) is 0 Å². The first-order chi connectivity index (χ1) is 11.4. The van der Waals surface area contributed by atoms with Gasteiger partial charge < -0.3 is 9.72 Å². The summed E-state index contributed by atoms with van der Waals surface area (Å²) in [5.74, 6) is 1.78. The summed E-state index contributed by atoms with van der Waals surface area (Å²) in [6.07, 6.45) is 0. The second kappa shape index (κ2) is 8.40. The van der Waals surface area contributed by atoms with E-state index >= 15 is 0 Å². The molecule has 1 N–H and O–H groups in total. The Kier molecular flexibility index (Phi) is 6.52. The van der Waals surface area contributed by atoms with Crippen molar-refractivity contribution in [3.63, 3.8) is 0 Å². The Morgan fingerprint density at radius 1 is 1.21 bits per heavy atom. The van der Waals surface area contributed by atoms with Crippen LogP contribution < -0.4 is 4.74 Å². The van der Waals surface area contributed by atoms with Gasteiger partial charge in [-0.15, -0.1) is 0 Å². The number of ketones is 2. The van der Waals surface area contributed by atoms with E-state index in [1.165, 1.54) is 18.7 Å². The fourth-order valence-electron chi connectivity index (χ4n) is 2.54. The van der Waals surface area contributed by atoms with Gasteiger partial charge in [0.15, 0.2) is 11.6 Å². The molecule has 0 aliphatic carbocycles. The van der Waals surface area contributed by atoms with Crippen molar-refractivity contribution in [3.05, 3.63) is 51.8 Å². The third-order valence-corrected chi connectivity index (χ3v) is 4.79. The zero-order valence-electron chi connectivity index (χ0n) is 13.9. The van der Waals surface area contributed by atoms with Gasteiger partial charge in [0, 0.05) is 22.0 Å². The molecule has 4 nitrogen and oxygen atoms in total. The van der Waals surface area contributed by atoms with Gasteiger partial charge in [-0.05, 0) is 50.6 Å². The normalized spacial score (nSPS) is 10.7. The lowest BCUT2D eigenvalue weighted by molar-refractivity contribution is 0.101. The molecule has 128 valence electrons. The maximum absolute atomic E-state index is 12.3. The number of carbonyl (C=O) groups excluding carboxylic acids is 2. The quantitative estimate of drug-likeness (QED) is 0.553. The number of hydrogen-bond donors (Lipinski definition) is 1. The molecule has 1 aromatic heterocycles. The third kappa shape index (κ3) is 4.65. The standard InChI is InChI=1S/C18H20ClNO3S/c1-11-17(13(3)21)12(2)20-18(11)16(22)10-24-9-8-23-15-6-4-14(19)5-7-15/h4-7,20H,8-10H2,1-3H3. The molecule has 0 amide bonds. The van der Waals surface area contributed by atoms with Crippen molar-refractivity contribution in [2.45, 2.75) is 20.8 Å². The summed E-state index contributed by atoms with van der Waals surface area (Å²) in [5.41, 5.74) is 2.64. The van der Waals surface area contributed by atoms with E-state index < -0.39 is 0 Å². The molecule has 0 aliphatic heterocycles. The van der Waals surface area contributed by atoms with E-state index in [4.69, 9.17) is 16.3 Å². The number of halogens is 1. The highest BCUT2D eigenvalue weighted by molar-refractivity contribution is 8.00. The smallest absolute Gasteiger partial charge is 0.189 e. The molecule has 0 unspecified atom stereocenters. The van der Waals surface area contributed by atoms with Crippen molar-refractivity contribution in [1.82, 2.24) is 4.98 Å². The number of thioether (sulfide) groups is 1. The van der Waals surface area contributed by atoms with Crippen LogP contribution in [0, 0.1) is 13.8 Å². The first kappa shape index (κ1) is 18.6. The van der Waals surface area contributed by atoms with Crippen LogP contribution in [0.2, 0.25) is 5.02 Å². The molecule has 0 radical (unpaired) electrons. The van der Waals surface area contributed by atoms with Gasteiger partial charge in [0.1, 0.15) is 5.75 Å². The Bertz CT molecular complexity index is 737. The number of benzene rings is 1. The summed E-state index contributed by atoms with van der Waals surface area (Å²) in [4.78, 5) is 27.0. The van der Waals surface area contributed by atoms with Gasteiger partial charge in [-0.2, -0.15) is 11.8 Å². The van der Waals surface area contributed by atoms with Crippen LogP contribution in [0.15, 0.2) is 24.3 Å². The number of carbonyl (C=O) groups is 2. The second-order valence-corrected chi connectivity index (χ2v) is 7.00. The summed E-state index contributed by atoms with van der Waals surface area (Å²) in [6.45, 7) is 5.65. The Morgan fingerprint density at radius 3 is 2.46 bits per heavy atom. The van der Waals surface area contributed by atoms with Crippen molar-refractivity contribution < 1.29 is 14.3 Å². The summed E-state index contributed by atoms with van der Waals surface area (Å²) >= 11 is 7.32. The van der Waals surface area contributed by atoms with E-state index in [1.807, 2.05) is 26.0 Å². The molecule has 0 bridgehead atoms. The number of aryl methyl sites for hydroxylation is 1. The van der Waals surface area contributed by atoms with Gasteiger partial charge in [-0.3, -0.25) is 9.59 Å². The molecule has 0 spiro atoms. The molecule has 0 saturated heterocycles. The van der Waals surface area contributed by atoms with Crippen molar-refractivity contribution in [2.75, 3.05) is 18.1 Å². The molecule has 0 saturated carbocycles. The topological polar surface area (TPSA) is 59.2 Å². The van der Waals surface area contributed by atoms with E-state index in [1.54, 1.807) is 12.1 Å². The fraction of sp³-hybridized carbons (Fsp3) is 0.333. The first-order valence-electron chi connectivity index (χ1n) is 7.59. The van der Waals surface area contributed by atoms with Crippen LogP contribution in [-0.4, -0.2) is 34.7 Å². The number of H-pyrrole nitrogens is 1. The van der Waals surface area contributed by atoms with Gasteiger partial charge in [-0.25, -0.2) is 0 Å². The molecule has 2 rings (SSSR count). The lowest BCUT2D eigenvalue weighted by Gasteiger charge is -2.06. The molecule has 1 heterocycles. The molecule has 6 heteroatoms. The molecule has 0 aliphatic rings. The number of Topliss-reactive ketones (excluding diaryl/α,β-unsaturated/α-hetero) is 2. The zero-order chi connectivity index (χ0) is 17.7. The number of nitrogens with one attached hydrogen (secondary N) is 1. The molecule has 24 heavy (non-hydrogen) atoms. The molecule has 2 aromatic rings. The Morgan fingerprint density at radius 2 is 1.88 bits per heavy atom. The van der Waals surface area contributed by atoms with Gasteiger partial charge >= 0.3 is 0 Å². The maximum atomic E-state index is 12.3. The van der Waals surface area contributed by atoms with E-state index in [-0.39, 0.29) is 11.6 Å². The highest BCUT2D eigenvalue weighted by Crippen LogP contribution is 2.20. The van der Waals surface area contributed by atoms with E-state index in [2.05, 4.69) is 4.98 Å². The number of aromatic amines is 1. The SMILES string of the molecule is CC(=O)c1c(C)[nH]c(C(=O)CSCCOc2ccc(Cl)cc2)c1C. The highest BCUT2D eigenvalue weighted by atomic mass is 35.5. The minimum atomic E-state index is -0.0238. The molecular formula is C18H20ClNO3S. The average molecular weight is 366 g/mol. The molecular weight excluding hydrogens is 346 g/mol. The molecule has 0 fully saturated rings. The minimum absolute atomic E-state index is 0.000377. The van der Waals surface area contributed by atoms with E-state index in [9.17, 15) is 9.59 Å². The van der Waals surface area contributed by atoms with E-state index in [0.29, 0.717) is 34.4 Å². The van der Waals surface area contributed by atoms with Gasteiger partial charge in [0.25, 0.3) is 0 Å².